The lowest BCUT2D eigenvalue weighted by Gasteiger charge is -2.32. The van der Waals surface area contributed by atoms with Gasteiger partial charge in [0.25, 0.3) is 0 Å². The lowest BCUT2D eigenvalue weighted by Crippen LogP contribution is -2.39. The van der Waals surface area contributed by atoms with Crippen molar-refractivity contribution < 1.29 is 13.2 Å². The summed E-state index contributed by atoms with van der Waals surface area (Å²) in [7, 11) is -1.84. The van der Waals surface area contributed by atoms with Gasteiger partial charge in [-0.25, -0.2) is 18.4 Å². The van der Waals surface area contributed by atoms with Gasteiger partial charge in [0.15, 0.2) is 0 Å². The minimum absolute atomic E-state index is 0.0547. The monoisotopic (exact) mass is 361 g/mol. The maximum Gasteiger partial charge on any atom is 0.243 e. The third-order valence-corrected chi connectivity index (χ3v) is 6.35. The molecule has 0 spiro atoms. The highest BCUT2D eigenvalue weighted by atomic mass is 32.2. The van der Waals surface area contributed by atoms with Crippen LogP contribution in [0.15, 0.2) is 41.4 Å². The van der Waals surface area contributed by atoms with Gasteiger partial charge in [0.2, 0.25) is 10.0 Å². The molecule has 0 N–H and O–H groups in total. The third kappa shape index (κ3) is 3.89. The predicted octanol–water partition coefficient (Wildman–Crippen LogP) is 2.50. The lowest BCUT2D eigenvalue weighted by atomic mass is 9.93. The molecule has 3 rings (SSSR count). The molecule has 134 valence electrons. The van der Waals surface area contributed by atoms with Gasteiger partial charge in [0, 0.05) is 37.9 Å². The molecule has 1 aliphatic rings. The minimum Gasteiger partial charge on any atom is -0.380 e. The summed E-state index contributed by atoms with van der Waals surface area (Å²) < 4.78 is 32.6. The average Bonchev–Trinajstić information content (AvgIpc) is 2.64. The lowest BCUT2D eigenvalue weighted by molar-refractivity contribution is 0.182. The summed E-state index contributed by atoms with van der Waals surface area (Å²) in [4.78, 5) is 9.18. The summed E-state index contributed by atoms with van der Waals surface area (Å²) in [6.07, 6.45) is 3.51. The van der Waals surface area contributed by atoms with E-state index in [9.17, 15) is 8.42 Å². The first kappa shape index (κ1) is 18.0. The van der Waals surface area contributed by atoms with Crippen LogP contribution in [0.3, 0.4) is 0 Å². The van der Waals surface area contributed by atoms with Crippen molar-refractivity contribution in [2.24, 2.45) is 0 Å². The molecule has 1 saturated heterocycles. The van der Waals surface area contributed by atoms with E-state index in [0.717, 1.165) is 24.1 Å². The first-order valence-corrected chi connectivity index (χ1v) is 9.83. The van der Waals surface area contributed by atoms with E-state index in [0.29, 0.717) is 30.4 Å². The van der Waals surface area contributed by atoms with Crippen LogP contribution >= 0.6 is 0 Å². The quantitative estimate of drug-likeness (QED) is 0.818. The summed E-state index contributed by atoms with van der Waals surface area (Å²) in [6, 6.07) is 8.60. The van der Waals surface area contributed by atoms with Crippen molar-refractivity contribution in [1.82, 2.24) is 14.3 Å². The van der Waals surface area contributed by atoms with E-state index >= 15 is 0 Å². The standard InChI is InChI=1S/C18H23N3O3S/c1-14-19-11-16(13-24-2)18(20-14)15-7-6-10-21(12-15)25(22,23)17-8-4-3-5-9-17/h3-5,8-9,11,15H,6-7,10,12-13H2,1-2H3. The Bertz CT molecular complexity index is 825. The van der Waals surface area contributed by atoms with E-state index in [-0.39, 0.29) is 5.92 Å². The van der Waals surface area contributed by atoms with Crippen LogP contribution in [0.5, 0.6) is 0 Å². The Labute approximate surface area is 148 Å². The first-order valence-electron chi connectivity index (χ1n) is 8.39. The van der Waals surface area contributed by atoms with E-state index < -0.39 is 10.0 Å². The smallest absolute Gasteiger partial charge is 0.243 e. The molecule has 1 aromatic carbocycles. The molecule has 0 bridgehead atoms. The van der Waals surface area contributed by atoms with Crippen molar-refractivity contribution >= 4 is 10.0 Å². The second-order valence-corrected chi connectivity index (χ2v) is 8.21. The van der Waals surface area contributed by atoms with Crippen molar-refractivity contribution in [3.05, 3.63) is 53.6 Å². The highest BCUT2D eigenvalue weighted by molar-refractivity contribution is 7.89. The fourth-order valence-electron chi connectivity index (χ4n) is 3.26. The van der Waals surface area contributed by atoms with Crippen molar-refractivity contribution in [1.29, 1.82) is 0 Å². The number of hydrogen-bond acceptors (Lipinski definition) is 5. The summed E-state index contributed by atoms with van der Waals surface area (Å²) in [5, 5.41) is 0. The molecule has 0 radical (unpaired) electrons. The Morgan fingerprint density at radius 1 is 1.28 bits per heavy atom. The second-order valence-electron chi connectivity index (χ2n) is 6.28. The Hall–Kier alpha value is -1.83. The Balaban J connectivity index is 1.88. The van der Waals surface area contributed by atoms with Crippen LogP contribution in [0, 0.1) is 6.92 Å². The number of sulfonamides is 1. The zero-order valence-corrected chi connectivity index (χ0v) is 15.4. The van der Waals surface area contributed by atoms with Crippen LogP contribution in [-0.2, 0) is 21.4 Å². The SMILES string of the molecule is COCc1cnc(C)nc1C1CCCN(S(=O)(=O)c2ccccc2)C1. The van der Waals surface area contributed by atoms with Crippen molar-refractivity contribution in [3.8, 4) is 0 Å². The highest BCUT2D eigenvalue weighted by Crippen LogP contribution is 2.31. The van der Waals surface area contributed by atoms with Gasteiger partial charge in [-0.15, -0.1) is 0 Å². The number of benzene rings is 1. The molecule has 2 heterocycles. The number of piperidine rings is 1. The molecule has 6 nitrogen and oxygen atoms in total. The number of methoxy groups -OCH3 is 1. The Kier molecular flexibility index (Phi) is 5.46. The van der Waals surface area contributed by atoms with Gasteiger partial charge in [0.05, 0.1) is 17.2 Å². The fraction of sp³-hybridized carbons (Fsp3) is 0.444. The van der Waals surface area contributed by atoms with E-state index in [1.165, 1.54) is 0 Å². The summed E-state index contributed by atoms with van der Waals surface area (Å²) >= 11 is 0. The number of hydrogen-bond donors (Lipinski definition) is 0. The number of ether oxygens (including phenoxy) is 1. The fourth-order valence-corrected chi connectivity index (χ4v) is 4.80. The molecule has 0 saturated carbocycles. The normalized spacial score (nSPS) is 19.0. The number of aromatic nitrogens is 2. The van der Waals surface area contributed by atoms with Gasteiger partial charge < -0.3 is 4.74 Å². The highest BCUT2D eigenvalue weighted by Gasteiger charge is 2.32. The van der Waals surface area contributed by atoms with E-state index in [1.54, 1.807) is 41.9 Å². The van der Waals surface area contributed by atoms with Crippen LogP contribution in [-0.4, -0.2) is 42.9 Å². The molecule has 1 atom stereocenters. The molecule has 1 unspecified atom stereocenters. The second kappa shape index (κ2) is 7.59. The maximum atomic E-state index is 12.9. The topological polar surface area (TPSA) is 72.4 Å². The molecule has 1 aliphatic heterocycles. The summed E-state index contributed by atoms with van der Waals surface area (Å²) in [6.45, 7) is 3.25. The van der Waals surface area contributed by atoms with Gasteiger partial charge in [-0.3, -0.25) is 0 Å². The Morgan fingerprint density at radius 3 is 2.76 bits per heavy atom. The van der Waals surface area contributed by atoms with Gasteiger partial charge in [-0.1, -0.05) is 18.2 Å². The summed E-state index contributed by atoms with van der Waals surface area (Å²) in [5.41, 5.74) is 1.83. The number of rotatable bonds is 5. The largest absolute Gasteiger partial charge is 0.380 e. The van der Waals surface area contributed by atoms with Gasteiger partial charge in [0.1, 0.15) is 5.82 Å². The molecular weight excluding hydrogens is 338 g/mol. The zero-order valence-electron chi connectivity index (χ0n) is 14.6. The predicted molar refractivity (Wildman–Crippen MR) is 94.7 cm³/mol. The molecule has 1 fully saturated rings. The maximum absolute atomic E-state index is 12.9. The molecule has 0 aliphatic carbocycles. The molecule has 7 heteroatoms. The molecule has 1 aromatic heterocycles. The van der Waals surface area contributed by atoms with E-state index in [4.69, 9.17) is 4.74 Å². The van der Waals surface area contributed by atoms with Crippen LogP contribution in [0.25, 0.3) is 0 Å². The number of nitrogens with zero attached hydrogens (tertiary/aromatic N) is 3. The van der Waals surface area contributed by atoms with Crippen molar-refractivity contribution in [2.45, 2.75) is 37.2 Å². The van der Waals surface area contributed by atoms with Crippen LogP contribution in [0.4, 0.5) is 0 Å². The summed E-state index contributed by atoms with van der Waals surface area (Å²) in [5.74, 6) is 0.747. The molecule has 25 heavy (non-hydrogen) atoms. The Morgan fingerprint density at radius 2 is 2.04 bits per heavy atom. The van der Waals surface area contributed by atoms with Crippen LogP contribution < -0.4 is 0 Å². The third-order valence-electron chi connectivity index (χ3n) is 4.47. The first-order chi connectivity index (χ1) is 12.0. The molecule has 0 amide bonds. The van der Waals surface area contributed by atoms with E-state index in [1.807, 2.05) is 13.0 Å². The molecular formula is C18H23N3O3S. The van der Waals surface area contributed by atoms with Crippen LogP contribution in [0.1, 0.15) is 35.8 Å². The average molecular weight is 361 g/mol. The van der Waals surface area contributed by atoms with Gasteiger partial charge >= 0.3 is 0 Å². The minimum atomic E-state index is -3.48. The van der Waals surface area contributed by atoms with Crippen molar-refractivity contribution in [2.75, 3.05) is 20.2 Å². The molecule has 2 aromatic rings. The van der Waals surface area contributed by atoms with Crippen molar-refractivity contribution in [3.63, 3.8) is 0 Å². The van der Waals surface area contributed by atoms with Gasteiger partial charge in [-0.05, 0) is 31.9 Å². The zero-order chi connectivity index (χ0) is 17.9. The van der Waals surface area contributed by atoms with E-state index in [2.05, 4.69) is 9.97 Å². The van der Waals surface area contributed by atoms with Crippen LogP contribution in [0.2, 0.25) is 0 Å². The van der Waals surface area contributed by atoms with Gasteiger partial charge in [-0.2, -0.15) is 4.31 Å². The number of aryl methyl sites for hydroxylation is 1.